The number of amides is 4. The molecule has 2 aliphatic heterocycles. The Morgan fingerprint density at radius 1 is 1.35 bits per heavy atom. The monoisotopic (exact) mass is 421 g/mol. The van der Waals surface area contributed by atoms with E-state index < -0.39 is 11.6 Å². The Kier molecular flexibility index (Phi) is 5.37. The SMILES string of the molecule is CC[C@H]1CCCCN1C(=O)CN1C(=O)N[C@](C)(c2cccc(Br)c2)C1=O. The van der Waals surface area contributed by atoms with E-state index in [1.807, 2.05) is 17.0 Å². The number of halogens is 1. The number of nitrogens with zero attached hydrogens (tertiary/aromatic N) is 2. The zero-order valence-corrected chi connectivity index (χ0v) is 16.7. The number of hydrogen-bond acceptors (Lipinski definition) is 3. The Morgan fingerprint density at radius 3 is 2.81 bits per heavy atom. The maximum atomic E-state index is 13.0. The normalized spacial score (nSPS) is 26.2. The van der Waals surface area contributed by atoms with Gasteiger partial charge in [-0.15, -0.1) is 0 Å². The third-order valence-electron chi connectivity index (χ3n) is 5.39. The van der Waals surface area contributed by atoms with Gasteiger partial charge in [0.1, 0.15) is 12.1 Å². The van der Waals surface area contributed by atoms with Crippen LogP contribution in [0.4, 0.5) is 4.79 Å². The van der Waals surface area contributed by atoms with Crippen LogP contribution in [0.2, 0.25) is 0 Å². The molecule has 26 heavy (non-hydrogen) atoms. The molecule has 0 bridgehead atoms. The zero-order chi connectivity index (χ0) is 18.9. The lowest BCUT2D eigenvalue weighted by atomic mass is 9.92. The predicted molar refractivity (Wildman–Crippen MR) is 101 cm³/mol. The fourth-order valence-electron chi connectivity index (χ4n) is 3.82. The Labute approximate surface area is 162 Å². The average molecular weight is 422 g/mol. The van der Waals surface area contributed by atoms with Gasteiger partial charge in [-0.2, -0.15) is 0 Å². The molecule has 140 valence electrons. The summed E-state index contributed by atoms with van der Waals surface area (Å²) in [5, 5.41) is 2.75. The minimum absolute atomic E-state index is 0.154. The number of benzene rings is 1. The van der Waals surface area contributed by atoms with Crippen LogP contribution in [0.25, 0.3) is 0 Å². The third-order valence-corrected chi connectivity index (χ3v) is 5.88. The summed E-state index contributed by atoms with van der Waals surface area (Å²) in [6, 6.07) is 6.96. The first-order valence-electron chi connectivity index (χ1n) is 9.06. The number of rotatable bonds is 4. The molecule has 6 nitrogen and oxygen atoms in total. The molecule has 2 aliphatic rings. The van der Waals surface area contributed by atoms with Crippen LogP contribution in [0.5, 0.6) is 0 Å². The van der Waals surface area contributed by atoms with Crippen LogP contribution in [0.3, 0.4) is 0 Å². The largest absolute Gasteiger partial charge is 0.338 e. The lowest BCUT2D eigenvalue weighted by Crippen LogP contribution is -2.49. The van der Waals surface area contributed by atoms with Crippen LogP contribution in [0.15, 0.2) is 28.7 Å². The first-order valence-corrected chi connectivity index (χ1v) is 9.85. The maximum absolute atomic E-state index is 13.0. The number of nitrogens with one attached hydrogen (secondary N) is 1. The summed E-state index contributed by atoms with van der Waals surface area (Å²) < 4.78 is 0.826. The molecule has 2 heterocycles. The van der Waals surface area contributed by atoms with Crippen molar-refractivity contribution in [3.8, 4) is 0 Å². The van der Waals surface area contributed by atoms with Gasteiger partial charge in [-0.05, 0) is 50.3 Å². The van der Waals surface area contributed by atoms with E-state index in [1.54, 1.807) is 19.1 Å². The van der Waals surface area contributed by atoms with Crippen molar-refractivity contribution in [2.45, 2.75) is 51.1 Å². The molecule has 2 fully saturated rings. The molecular weight excluding hydrogens is 398 g/mol. The number of piperidine rings is 1. The smallest absolute Gasteiger partial charge is 0.325 e. The number of imide groups is 1. The second-order valence-corrected chi connectivity index (χ2v) is 8.02. The van der Waals surface area contributed by atoms with Crippen LogP contribution >= 0.6 is 15.9 Å². The van der Waals surface area contributed by atoms with Gasteiger partial charge in [0, 0.05) is 17.1 Å². The third kappa shape index (κ3) is 3.37. The minimum atomic E-state index is -1.16. The van der Waals surface area contributed by atoms with Gasteiger partial charge in [0.05, 0.1) is 0 Å². The molecule has 3 rings (SSSR count). The van der Waals surface area contributed by atoms with Gasteiger partial charge in [-0.1, -0.05) is 35.0 Å². The van der Waals surface area contributed by atoms with Crippen molar-refractivity contribution < 1.29 is 14.4 Å². The van der Waals surface area contributed by atoms with E-state index in [0.29, 0.717) is 12.1 Å². The van der Waals surface area contributed by atoms with Gasteiger partial charge in [0.15, 0.2) is 0 Å². The van der Waals surface area contributed by atoms with Crippen LogP contribution in [0, 0.1) is 0 Å². The molecule has 0 saturated carbocycles. The number of urea groups is 1. The predicted octanol–water partition coefficient (Wildman–Crippen LogP) is 3.01. The first kappa shape index (κ1) is 18.9. The number of likely N-dealkylation sites (tertiary alicyclic amines) is 1. The summed E-state index contributed by atoms with van der Waals surface area (Å²) in [7, 11) is 0. The second kappa shape index (κ2) is 7.39. The summed E-state index contributed by atoms with van der Waals surface area (Å²) >= 11 is 3.39. The molecule has 0 radical (unpaired) electrons. The fraction of sp³-hybridized carbons (Fsp3) is 0.526. The molecule has 0 unspecified atom stereocenters. The van der Waals surface area contributed by atoms with Crippen molar-refractivity contribution in [2.75, 3.05) is 13.1 Å². The molecule has 2 atom stereocenters. The van der Waals surface area contributed by atoms with Crippen LogP contribution in [-0.4, -0.2) is 46.8 Å². The average Bonchev–Trinajstić information content (AvgIpc) is 2.85. The lowest BCUT2D eigenvalue weighted by molar-refractivity contribution is -0.141. The quantitative estimate of drug-likeness (QED) is 0.759. The van der Waals surface area contributed by atoms with Crippen molar-refractivity contribution >= 4 is 33.8 Å². The van der Waals surface area contributed by atoms with Gasteiger partial charge in [0.25, 0.3) is 5.91 Å². The molecule has 1 N–H and O–H groups in total. The van der Waals surface area contributed by atoms with Crippen molar-refractivity contribution in [2.24, 2.45) is 0 Å². The molecule has 2 saturated heterocycles. The molecule has 4 amide bonds. The van der Waals surface area contributed by atoms with Crippen LogP contribution < -0.4 is 5.32 Å². The number of carbonyl (C=O) groups is 3. The number of carbonyl (C=O) groups excluding carboxylic acids is 3. The minimum Gasteiger partial charge on any atom is -0.338 e. The highest BCUT2D eigenvalue weighted by molar-refractivity contribution is 9.10. The summed E-state index contributed by atoms with van der Waals surface area (Å²) in [4.78, 5) is 41.1. The van der Waals surface area contributed by atoms with Gasteiger partial charge in [0.2, 0.25) is 5.91 Å². The Morgan fingerprint density at radius 2 is 2.12 bits per heavy atom. The molecule has 0 aliphatic carbocycles. The maximum Gasteiger partial charge on any atom is 0.325 e. The van der Waals surface area contributed by atoms with E-state index in [0.717, 1.165) is 35.1 Å². The lowest BCUT2D eigenvalue weighted by Gasteiger charge is -2.36. The van der Waals surface area contributed by atoms with E-state index in [1.165, 1.54) is 0 Å². The summed E-state index contributed by atoms with van der Waals surface area (Å²) in [6.07, 6.45) is 3.96. The van der Waals surface area contributed by atoms with E-state index in [4.69, 9.17) is 0 Å². The second-order valence-electron chi connectivity index (χ2n) is 7.10. The Balaban J connectivity index is 1.78. The van der Waals surface area contributed by atoms with Crippen molar-refractivity contribution in [3.05, 3.63) is 34.3 Å². The van der Waals surface area contributed by atoms with Gasteiger partial charge < -0.3 is 10.2 Å². The molecular formula is C19H24BrN3O3. The van der Waals surface area contributed by atoms with Crippen LogP contribution in [-0.2, 0) is 15.1 Å². The number of hydrogen-bond donors (Lipinski definition) is 1. The summed E-state index contributed by atoms with van der Waals surface area (Å²) in [6.45, 7) is 4.23. The fourth-order valence-corrected chi connectivity index (χ4v) is 4.21. The molecule has 1 aromatic rings. The van der Waals surface area contributed by atoms with Gasteiger partial charge in [-0.3, -0.25) is 14.5 Å². The highest BCUT2D eigenvalue weighted by atomic mass is 79.9. The van der Waals surface area contributed by atoms with E-state index in [2.05, 4.69) is 28.2 Å². The molecule has 0 spiro atoms. The van der Waals surface area contributed by atoms with E-state index >= 15 is 0 Å². The van der Waals surface area contributed by atoms with Crippen LogP contribution in [0.1, 0.15) is 45.1 Å². The molecule has 0 aromatic heterocycles. The Bertz CT molecular complexity index is 738. The molecule has 1 aromatic carbocycles. The Hall–Kier alpha value is -1.89. The highest BCUT2D eigenvalue weighted by Gasteiger charge is 2.50. The van der Waals surface area contributed by atoms with E-state index in [-0.39, 0.29) is 24.4 Å². The van der Waals surface area contributed by atoms with Crippen molar-refractivity contribution in [1.29, 1.82) is 0 Å². The first-order chi connectivity index (χ1) is 12.4. The topological polar surface area (TPSA) is 69.7 Å². The van der Waals surface area contributed by atoms with E-state index in [9.17, 15) is 14.4 Å². The van der Waals surface area contributed by atoms with Crippen molar-refractivity contribution in [1.82, 2.24) is 15.1 Å². The highest BCUT2D eigenvalue weighted by Crippen LogP contribution is 2.30. The standard InChI is InChI=1S/C19H24BrN3O3/c1-3-15-9-4-5-10-22(15)16(24)12-23-17(25)19(2,21-18(23)26)13-7-6-8-14(20)11-13/h6-8,11,15H,3-5,9-10,12H2,1-2H3,(H,21,26)/t15-,19+/m0/s1. The van der Waals surface area contributed by atoms with Gasteiger partial charge >= 0.3 is 6.03 Å². The summed E-state index contributed by atoms with van der Waals surface area (Å²) in [5.41, 5.74) is -0.475. The summed E-state index contributed by atoms with van der Waals surface area (Å²) in [5.74, 6) is -0.544. The zero-order valence-electron chi connectivity index (χ0n) is 15.1. The van der Waals surface area contributed by atoms with Crippen molar-refractivity contribution in [3.63, 3.8) is 0 Å². The van der Waals surface area contributed by atoms with Gasteiger partial charge in [-0.25, -0.2) is 4.79 Å². The molecule has 7 heteroatoms.